The first-order valence-electron chi connectivity index (χ1n) is 12.2. The fourth-order valence-corrected chi connectivity index (χ4v) is 5.76. The van der Waals surface area contributed by atoms with Crippen LogP contribution in [-0.4, -0.2) is 65.8 Å². The highest BCUT2D eigenvalue weighted by atomic mass is 32.2. The summed E-state index contributed by atoms with van der Waals surface area (Å²) in [6.07, 6.45) is 7.45. The molecule has 2 aliphatic rings. The number of nitrogens with zero attached hydrogens (tertiary/aromatic N) is 4. The fraction of sp³-hybridized carbons (Fsp3) is 0.577. The summed E-state index contributed by atoms with van der Waals surface area (Å²) in [5.74, 6) is 1.05. The van der Waals surface area contributed by atoms with E-state index in [0.717, 1.165) is 81.2 Å². The number of piperidine rings is 1. The maximum Gasteiger partial charge on any atom is 0.131 e. The van der Waals surface area contributed by atoms with E-state index in [9.17, 15) is 4.39 Å². The van der Waals surface area contributed by atoms with Crippen molar-refractivity contribution < 1.29 is 4.39 Å². The average molecular weight is 472 g/mol. The summed E-state index contributed by atoms with van der Waals surface area (Å²) < 4.78 is 17.6. The van der Waals surface area contributed by atoms with Gasteiger partial charge in [0.15, 0.2) is 0 Å². The predicted octanol–water partition coefficient (Wildman–Crippen LogP) is 5.09. The van der Waals surface area contributed by atoms with Gasteiger partial charge in [0, 0.05) is 50.1 Å². The fourth-order valence-electron chi connectivity index (χ4n) is 5.41. The third kappa shape index (κ3) is 5.81. The van der Waals surface area contributed by atoms with Crippen LogP contribution in [0.15, 0.2) is 30.5 Å². The lowest BCUT2D eigenvalue weighted by atomic mass is 9.97. The lowest BCUT2D eigenvalue weighted by Gasteiger charge is -2.48. The normalized spacial score (nSPS) is 20.9. The van der Waals surface area contributed by atoms with Crippen molar-refractivity contribution in [3.05, 3.63) is 53.0 Å². The minimum Gasteiger partial charge on any atom is -0.354 e. The Morgan fingerprint density at radius 3 is 2.58 bits per heavy atom. The Labute approximate surface area is 202 Å². The zero-order valence-corrected chi connectivity index (χ0v) is 21.3. The molecule has 4 rings (SSSR count). The summed E-state index contributed by atoms with van der Waals surface area (Å²) in [6.45, 7) is 12.4. The summed E-state index contributed by atoms with van der Waals surface area (Å²) >= 11 is 1.59. The molecule has 1 aromatic carbocycles. The molecule has 180 valence electrons. The molecule has 1 atom stereocenters. The molecule has 2 saturated heterocycles. The molecule has 0 bridgehead atoms. The Hall–Kier alpha value is -1.83. The van der Waals surface area contributed by atoms with Crippen molar-refractivity contribution in [3.63, 3.8) is 0 Å². The Morgan fingerprint density at radius 2 is 1.91 bits per heavy atom. The van der Waals surface area contributed by atoms with Gasteiger partial charge in [-0.05, 0) is 69.5 Å². The van der Waals surface area contributed by atoms with Gasteiger partial charge >= 0.3 is 0 Å². The zero-order chi connectivity index (χ0) is 23.4. The molecule has 0 amide bonds. The minimum atomic E-state index is -0.0690. The number of hydrogen-bond donors (Lipinski definition) is 1. The molecule has 0 radical (unpaired) electrons. The van der Waals surface area contributed by atoms with E-state index in [2.05, 4.69) is 39.3 Å². The summed E-state index contributed by atoms with van der Waals surface area (Å²) in [6, 6.07) is 8.98. The van der Waals surface area contributed by atoms with Gasteiger partial charge < -0.3 is 9.62 Å². The van der Waals surface area contributed by atoms with Crippen LogP contribution in [0.1, 0.15) is 42.9 Å². The monoisotopic (exact) mass is 471 g/mol. The third-order valence-electron chi connectivity index (χ3n) is 7.20. The summed E-state index contributed by atoms with van der Waals surface area (Å²) in [7, 11) is 0. The number of piperazine rings is 1. The second kappa shape index (κ2) is 11.1. The number of aromatic nitrogens is 1. The van der Waals surface area contributed by atoms with Crippen molar-refractivity contribution in [1.82, 2.24) is 14.8 Å². The van der Waals surface area contributed by atoms with Crippen LogP contribution in [0, 0.1) is 19.7 Å². The number of pyridine rings is 1. The number of anilines is 2. The first kappa shape index (κ1) is 24.3. The van der Waals surface area contributed by atoms with Crippen LogP contribution >= 0.6 is 11.9 Å². The highest BCUT2D eigenvalue weighted by Crippen LogP contribution is 2.28. The predicted molar refractivity (Wildman–Crippen MR) is 139 cm³/mol. The Bertz CT molecular complexity index is 931. The van der Waals surface area contributed by atoms with Crippen molar-refractivity contribution in [2.24, 2.45) is 0 Å². The number of hydrogen-bond acceptors (Lipinski definition) is 6. The summed E-state index contributed by atoms with van der Waals surface area (Å²) in [5.41, 5.74) is 4.10. The van der Waals surface area contributed by atoms with Gasteiger partial charge in [0.2, 0.25) is 0 Å². The molecule has 0 saturated carbocycles. The van der Waals surface area contributed by atoms with Gasteiger partial charge in [-0.3, -0.25) is 9.80 Å². The molecule has 5 nitrogen and oxygen atoms in total. The molecule has 1 N–H and O–H groups in total. The van der Waals surface area contributed by atoms with E-state index < -0.39 is 0 Å². The largest absolute Gasteiger partial charge is 0.354 e. The molecule has 1 aromatic heterocycles. The molecular weight excluding hydrogens is 433 g/mol. The van der Waals surface area contributed by atoms with Gasteiger partial charge in [-0.1, -0.05) is 31.0 Å². The number of nitrogens with one attached hydrogen (secondary N) is 1. The third-order valence-corrected chi connectivity index (χ3v) is 7.64. The van der Waals surface area contributed by atoms with Gasteiger partial charge in [-0.2, -0.15) is 0 Å². The van der Waals surface area contributed by atoms with Crippen molar-refractivity contribution in [2.75, 3.05) is 48.6 Å². The number of aryl methyl sites for hydroxylation is 2. The summed E-state index contributed by atoms with van der Waals surface area (Å²) in [5, 5.41) is 0. The van der Waals surface area contributed by atoms with Crippen LogP contribution in [0.2, 0.25) is 0 Å². The van der Waals surface area contributed by atoms with E-state index in [0.29, 0.717) is 12.1 Å². The van der Waals surface area contributed by atoms with E-state index >= 15 is 0 Å². The average Bonchev–Trinajstić information content (AvgIpc) is 2.81. The lowest BCUT2D eigenvalue weighted by Crippen LogP contribution is -2.58. The van der Waals surface area contributed by atoms with Crippen LogP contribution in [-0.2, 0) is 6.54 Å². The van der Waals surface area contributed by atoms with E-state index in [1.165, 1.54) is 5.56 Å². The number of likely N-dealkylation sites (tertiary alicyclic amines) is 1. The molecule has 2 aliphatic heterocycles. The molecule has 33 heavy (non-hydrogen) atoms. The Balaban J connectivity index is 1.33. The maximum absolute atomic E-state index is 14.3. The van der Waals surface area contributed by atoms with Crippen molar-refractivity contribution in [1.29, 1.82) is 0 Å². The first-order valence-corrected chi connectivity index (χ1v) is 13.4. The van der Waals surface area contributed by atoms with Gasteiger partial charge in [0.25, 0.3) is 0 Å². The van der Waals surface area contributed by atoms with Crippen LogP contribution in [0.3, 0.4) is 0 Å². The van der Waals surface area contributed by atoms with Crippen LogP contribution in [0.5, 0.6) is 0 Å². The van der Waals surface area contributed by atoms with Crippen LogP contribution in [0.25, 0.3) is 0 Å². The Morgan fingerprint density at radius 1 is 1.12 bits per heavy atom. The van der Waals surface area contributed by atoms with Crippen LogP contribution in [0.4, 0.5) is 15.9 Å². The highest BCUT2D eigenvalue weighted by molar-refractivity contribution is 7.99. The van der Waals surface area contributed by atoms with E-state index in [4.69, 9.17) is 4.98 Å². The van der Waals surface area contributed by atoms with E-state index in [1.54, 1.807) is 18.0 Å². The summed E-state index contributed by atoms with van der Waals surface area (Å²) in [4.78, 5) is 12.4. The van der Waals surface area contributed by atoms with E-state index in [1.807, 2.05) is 31.5 Å². The molecule has 3 heterocycles. The highest BCUT2D eigenvalue weighted by Gasteiger charge is 2.33. The maximum atomic E-state index is 14.3. The number of benzene rings is 1. The first-order chi connectivity index (χ1) is 16.0. The zero-order valence-electron chi connectivity index (χ0n) is 20.5. The van der Waals surface area contributed by atoms with Gasteiger partial charge in [-0.25, -0.2) is 9.37 Å². The van der Waals surface area contributed by atoms with Gasteiger partial charge in [0.1, 0.15) is 11.6 Å². The van der Waals surface area contributed by atoms with E-state index in [-0.39, 0.29) is 5.82 Å². The lowest BCUT2D eigenvalue weighted by molar-refractivity contribution is 0.0607. The van der Waals surface area contributed by atoms with Crippen molar-refractivity contribution in [2.45, 2.75) is 58.7 Å². The van der Waals surface area contributed by atoms with Crippen molar-refractivity contribution >= 4 is 23.5 Å². The molecule has 0 aliphatic carbocycles. The minimum absolute atomic E-state index is 0.0690. The van der Waals surface area contributed by atoms with Gasteiger partial charge in [-0.15, -0.1) is 0 Å². The molecule has 0 spiro atoms. The number of halogens is 1. The number of rotatable bonds is 7. The van der Waals surface area contributed by atoms with Gasteiger partial charge in [0.05, 0.1) is 11.9 Å². The van der Waals surface area contributed by atoms with Crippen molar-refractivity contribution in [3.8, 4) is 0 Å². The molecule has 2 fully saturated rings. The molecular formula is C26H38FN5S. The SMILES string of the molecule is CCC1CN(c2ncc(NSC)cc2C)CCN1C1CCN(Cc2ccc(C)cc2F)CC1. The molecule has 7 heteroatoms. The second-order valence-electron chi connectivity index (χ2n) is 9.52. The smallest absolute Gasteiger partial charge is 0.131 e. The Kier molecular flexibility index (Phi) is 8.15. The quantitative estimate of drug-likeness (QED) is 0.567. The van der Waals surface area contributed by atoms with Crippen LogP contribution < -0.4 is 9.62 Å². The molecule has 1 unspecified atom stereocenters. The molecule has 2 aromatic rings. The standard InChI is InChI=1S/C26H38FN5S/c1-5-23-18-31(26-20(3)15-22(16-28-26)29-33-4)12-13-32(23)24-8-10-30(11-9-24)17-21-7-6-19(2)14-25(21)27/h6-7,14-16,23-24,29H,5,8-13,17-18H2,1-4H3. The second-order valence-corrected chi connectivity index (χ2v) is 10.1. The topological polar surface area (TPSA) is 34.6 Å².